The highest BCUT2D eigenvalue weighted by Gasteiger charge is 2.40. The van der Waals surface area contributed by atoms with Crippen LogP contribution in [0, 0.1) is 0 Å². The molecule has 1 heterocycles. The molecule has 0 aromatic heterocycles. The third-order valence-electron chi connectivity index (χ3n) is 4.04. The summed E-state index contributed by atoms with van der Waals surface area (Å²) in [6, 6.07) is 1.76. The third kappa shape index (κ3) is 6.22. The van der Waals surface area contributed by atoms with Gasteiger partial charge in [-0.2, -0.15) is 0 Å². The van der Waals surface area contributed by atoms with Crippen LogP contribution in [0.3, 0.4) is 0 Å². The zero-order valence-electron chi connectivity index (χ0n) is 13.9. The molecule has 21 heavy (non-hydrogen) atoms. The Bertz CT molecular complexity index is 348. The Kier molecular flexibility index (Phi) is 5.49. The van der Waals surface area contributed by atoms with E-state index >= 15 is 0 Å². The molecule has 1 aliphatic heterocycles. The van der Waals surface area contributed by atoms with Gasteiger partial charge in [-0.25, -0.2) is 4.79 Å². The summed E-state index contributed by atoms with van der Waals surface area (Å²) in [7, 11) is 0. The van der Waals surface area contributed by atoms with Gasteiger partial charge in [-0.15, -0.1) is 0 Å². The number of nitrogens with one attached hydrogen (secondary N) is 3. The lowest BCUT2D eigenvalue weighted by atomic mass is 9.99. The molecule has 0 bridgehead atoms. The fourth-order valence-corrected chi connectivity index (χ4v) is 2.98. The average Bonchev–Trinajstić information content (AvgIpc) is 3.05. The van der Waals surface area contributed by atoms with Crippen LogP contribution in [0.15, 0.2) is 0 Å². The van der Waals surface area contributed by atoms with Crippen molar-refractivity contribution in [3.8, 4) is 0 Å². The first-order valence-electron chi connectivity index (χ1n) is 8.32. The summed E-state index contributed by atoms with van der Waals surface area (Å²) >= 11 is 0. The van der Waals surface area contributed by atoms with E-state index in [0.717, 1.165) is 19.4 Å². The van der Waals surface area contributed by atoms with Crippen LogP contribution in [0.2, 0.25) is 0 Å². The van der Waals surface area contributed by atoms with E-state index in [-0.39, 0.29) is 12.1 Å². The molecule has 1 aliphatic carbocycles. The van der Waals surface area contributed by atoms with E-state index in [9.17, 15) is 4.79 Å². The molecule has 0 aromatic rings. The molecule has 1 saturated carbocycles. The molecule has 2 aliphatic rings. The number of amides is 1. The second-order valence-corrected chi connectivity index (χ2v) is 7.55. The first-order valence-corrected chi connectivity index (χ1v) is 8.32. The molecule has 5 heteroatoms. The number of ether oxygens (including phenoxy) is 1. The molecule has 0 spiro atoms. The van der Waals surface area contributed by atoms with Crippen molar-refractivity contribution < 1.29 is 9.53 Å². The van der Waals surface area contributed by atoms with Gasteiger partial charge in [0.15, 0.2) is 0 Å². The standard InChI is InChI=1S/C16H31N3O2/c1-11(9-12-7-5-6-8-17-12)18-13-10-14(13)19-15(20)21-16(2,3)4/h11-14,17-18H,5-10H2,1-4H3,(H,19,20). The number of hydrogen-bond acceptors (Lipinski definition) is 4. The quantitative estimate of drug-likeness (QED) is 0.728. The number of alkyl carbamates (subject to hydrolysis) is 1. The lowest BCUT2D eigenvalue weighted by Crippen LogP contribution is -2.42. The van der Waals surface area contributed by atoms with Gasteiger partial charge in [0.2, 0.25) is 0 Å². The van der Waals surface area contributed by atoms with Gasteiger partial charge < -0.3 is 20.7 Å². The Balaban J connectivity index is 1.61. The van der Waals surface area contributed by atoms with Crippen molar-refractivity contribution in [3.63, 3.8) is 0 Å². The van der Waals surface area contributed by atoms with Crippen molar-refractivity contribution in [2.24, 2.45) is 0 Å². The summed E-state index contributed by atoms with van der Waals surface area (Å²) in [5.41, 5.74) is -0.429. The number of rotatable bonds is 5. The molecule has 4 atom stereocenters. The second kappa shape index (κ2) is 6.97. The summed E-state index contributed by atoms with van der Waals surface area (Å²) in [5.74, 6) is 0. The molecule has 0 radical (unpaired) electrons. The molecule has 0 aromatic carbocycles. The van der Waals surface area contributed by atoms with Crippen LogP contribution in [0.5, 0.6) is 0 Å². The predicted molar refractivity (Wildman–Crippen MR) is 84.4 cm³/mol. The van der Waals surface area contributed by atoms with E-state index in [4.69, 9.17) is 4.74 Å². The van der Waals surface area contributed by atoms with Crippen LogP contribution in [0.25, 0.3) is 0 Å². The maximum atomic E-state index is 11.7. The fraction of sp³-hybridized carbons (Fsp3) is 0.938. The minimum absolute atomic E-state index is 0.224. The molecule has 1 amide bonds. The minimum Gasteiger partial charge on any atom is -0.444 e. The Labute approximate surface area is 128 Å². The highest BCUT2D eigenvalue weighted by atomic mass is 16.6. The number of piperidine rings is 1. The van der Waals surface area contributed by atoms with E-state index in [2.05, 4.69) is 22.9 Å². The molecule has 5 nitrogen and oxygen atoms in total. The molecular weight excluding hydrogens is 266 g/mol. The van der Waals surface area contributed by atoms with E-state index in [1.165, 1.54) is 19.3 Å². The Morgan fingerprint density at radius 2 is 2.10 bits per heavy atom. The smallest absolute Gasteiger partial charge is 0.407 e. The lowest BCUT2D eigenvalue weighted by Gasteiger charge is -2.26. The van der Waals surface area contributed by atoms with Gasteiger partial charge in [-0.1, -0.05) is 6.42 Å². The molecule has 2 fully saturated rings. The Morgan fingerprint density at radius 3 is 2.71 bits per heavy atom. The van der Waals surface area contributed by atoms with Gasteiger partial charge in [0.05, 0.1) is 0 Å². The van der Waals surface area contributed by atoms with Gasteiger partial charge in [0, 0.05) is 24.2 Å². The highest BCUT2D eigenvalue weighted by molar-refractivity contribution is 5.68. The number of hydrogen-bond donors (Lipinski definition) is 3. The summed E-state index contributed by atoms with van der Waals surface area (Å²) in [5, 5.41) is 10.1. The van der Waals surface area contributed by atoms with Crippen molar-refractivity contribution >= 4 is 6.09 Å². The van der Waals surface area contributed by atoms with Crippen LogP contribution in [0.1, 0.15) is 59.8 Å². The zero-order chi connectivity index (χ0) is 15.5. The minimum atomic E-state index is -0.429. The first kappa shape index (κ1) is 16.6. The highest BCUT2D eigenvalue weighted by Crippen LogP contribution is 2.23. The summed E-state index contributed by atoms with van der Waals surface area (Å²) in [6.07, 6.45) is 5.80. The van der Waals surface area contributed by atoms with Gasteiger partial charge >= 0.3 is 6.09 Å². The third-order valence-corrected chi connectivity index (χ3v) is 4.04. The maximum Gasteiger partial charge on any atom is 0.407 e. The van der Waals surface area contributed by atoms with Crippen molar-refractivity contribution in [2.45, 2.75) is 89.6 Å². The maximum absolute atomic E-state index is 11.7. The van der Waals surface area contributed by atoms with Crippen LogP contribution in [-0.4, -0.2) is 42.4 Å². The first-order chi connectivity index (χ1) is 9.83. The Hall–Kier alpha value is -0.810. The van der Waals surface area contributed by atoms with Crippen molar-refractivity contribution in [3.05, 3.63) is 0 Å². The van der Waals surface area contributed by atoms with Crippen LogP contribution >= 0.6 is 0 Å². The van der Waals surface area contributed by atoms with Crippen molar-refractivity contribution in [2.75, 3.05) is 6.54 Å². The largest absolute Gasteiger partial charge is 0.444 e. The SMILES string of the molecule is CC(CC1CCCCN1)NC1CC1NC(=O)OC(C)(C)C. The van der Waals surface area contributed by atoms with E-state index in [0.29, 0.717) is 18.1 Å². The summed E-state index contributed by atoms with van der Waals surface area (Å²) in [6.45, 7) is 9.04. The number of carbonyl (C=O) groups excluding carboxylic acids is 1. The molecular formula is C16H31N3O2. The van der Waals surface area contributed by atoms with Crippen molar-refractivity contribution in [1.82, 2.24) is 16.0 Å². The van der Waals surface area contributed by atoms with E-state index in [1.807, 2.05) is 20.8 Å². The molecule has 3 N–H and O–H groups in total. The Morgan fingerprint density at radius 1 is 1.33 bits per heavy atom. The van der Waals surface area contributed by atoms with Gasteiger partial charge in [0.25, 0.3) is 0 Å². The molecule has 2 rings (SSSR count). The lowest BCUT2D eigenvalue weighted by molar-refractivity contribution is 0.0521. The van der Waals surface area contributed by atoms with Crippen LogP contribution in [0.4, 0.5) is 4.79 Å². The predicted octanol–water partition coefficient (Wildman–Crippen LogP) is 2.16. The monoisotopic (exact) mass is 297 g/mol. The van der Waals surface area contributed by atoms with E-state index < -0.39 is 5.60 Å². The topological polar surface area (TPSA) is 62.4 Å². The summed E-state index contributed by atoms with van der Waals surface area (Å²) in [4.78, 5) is 11.7. The molecule has 122 valence electrons. The zero-order valence-corrected chi connectivity index (χ0v) is 13.9. The van der Waals surface area contributed by atoms with Crippen molar-refractivity contribution in [1.29, 1.82) is 0 Å². The normalized spacial score (nSPS) is 30.6. The van der Waals surface area contributed by atoms with Crippen LogP contribution < -0.4 is 16.0 Å². The number of carbonyl (C=O) groups is 1. The molecule has 1 saturated heterocycles. The average molecular weight is 297 g/mol. The second-order valence-electron chi connectivity index (χ2n) is 7.55. The fourth-order valence-electron chi connectivity index (χ4n) is 2.98. The van der Waals surface area contributed by atoms with Gasteiger partial charge in [-0.05, 0) is 59.9 Å². The van der Waals surface area contributed by atoms with Gasteiger partial charge in [0.1, 0.15) is 5.60 Å². The van der Waals surface area contributed by atoms with E-state index in [1.54, 1.807) is 0 Å². The summed E-state index contributed by atoms with van der Waals surface area (Å²) < 4.78 is 5.28. The van der Waals surface area contributed by atoms with Gasteiger partial charge in [-0.3, -0.25) is 0 Å². The molecule has 4 unspecified atom stereocenters. The van der Waals surface area contributed by atoms with Crippen LogP contribution in [-0.2, 0) is 4.74 Å².